The summed E-state index contributed by atoms with van der Waals surface area (Å²) in [6, 6.07) is 5.13. The van der Waals surface area contributed by atoms with Crippen molar-refractivity contribution >= 4 is 29.2 Å². The minimum atomic E-state index is -1.13. The highest BCUT2D eigenvalue weighted by atomic mass is 35.5. The van der Waals surface area contributed by atoms with Crippen molar-refractivity contribution in [3.63, 3.8) is 0 Å². The van der Waals surface area contributed by atoms with Crippen molar-refractivity contribution in [3.8, 4) is 0 Å². The van der Waals surface area contributed by atoms with E-state index >= 15 is 0 Å². The van der Waals surface area contributed by atoms with Crippen molar-refractivity contribution in [1.29, 1.82) is 0 Å². The number of halogens is 2. The molecular weight excluding hydrogens is 265 g/mol. The van der Waals surface area contributed by atoms with Crippen molar-refractivity contribution < 1.29 is 14.3 Å². The molecule has 0 unspecified atom stereocenters. The van der Waals surface area contributed by atoms with Gasteiger partial charge in [0.05, 0.1) is 6.42 Å². The van der Waals surface area contributed by atoms with Gasteiger partial charge in [0.25, 0.3) is 0 Å². The van der Waals surface area contributed by atoms with Crippen LogP contribution in [0.1, 0.15) is 21.9 Å². The number of benzene rings is 1. The molecular formula is C11H7Cl2NO3. The smallest absolute Gasteiger partial charge is 0.357 e. The Morgan fingerprint density at radius 3 is 2.53 bits per heavy atom. The Balaban J connectivity index is 2.28. The molecule has 0 spiro atoms. The van der Waals surface area contributed by atoms with Crippen molar-refractivity contribution in [2.45, 2.75) is 6.42 Å². The highest BCUT2D eigenvalue weighted by Gasteiger charge is 2.13. The van der Waals surface area contributed by atoms with Gasteiger partial charge in [0, 0.05) is 10.0 Å². The van der Waals surface area contributed by atoms with Crippen LogP contribution in [0.3, 0.4) is 0 Å². The quantitative estimate of drug-likeness (QED) is 0.931. The SMILES string of the molecule is O=C(O)c1coc(Cc2c(Cl)cccc2Cl)n1. The van der Waals surface area contributed by atoms with E-state index in [-0.39, 0.29) is 18.0 Å². The van der Waals surface area contributed by atoms with Crippen LogP contribution < -0.4 is 0 Å². The van der Waals surface area contributed by atoms with E-state index in [1.165, 1.54) is 0 Å². The first-order valence-electron chi connectivity index (χ1n) is 4.68. The molecule has 0 aliphatic carbocycles. The summed E-state index contributed by atoms with van der Waals surface area (Å²) >= 11 is 12.0. The Kier molecular flexibility index (Phi) is 3.36. The fourth-order valence-corrected chi connectivity index (χ4v) is 1.87. The average Bonchev–Trinajstić information content (AvgIpc) is 2.72. The molecule has 0 bridgehead atoms. The van der Waals surface area contributed by atoms with E-state index in [4.69, 9.17) is 32.7 Å². The molecule has 0 fully saturated rings. The van der Waals surface area contributed by atoms with Gasteiger partial charge in [-0.25, -0.2) is 9.78 Å². The summed E-state index contributed by atoms with van der Waals surface area (Å²) in [6.07, 6.45) is 1.34. The minimum absolute atomic E-state index is 0.136. The number of aromatic carboxylic acids is 1. The maximum absolute atomic E-state index is 10.6. The van der Waals surface area contributed by atoms with Crippen LogP contribution in [0.4, 0.5) is 0 Å². The van der Waals surface area contributed by atoms with Crippen LogP contribution in [0.25, 0.3) is 0 Å². The lowest BCUT2D eigenvalue weighted by molar-refractivity contribution is 0.0690. The van der Waals surface area contributed by atoms with Gasteiger partial charge in [-0.05, 0) is 17.7 Å². The Morgan fingerprint density at radius 2 is 2.00 bits per heavy atom. The molecule has 0 saturated carbocycles. The van der Waals surface area contributed by atoms with Crippen molar-refractivity contribution in [2.75, 3.05) is 0 Å². The first-order chi connectivity index (χ1) is 8.08. The minimum Gasteiger partial charge on any atom is -0.476 e. The number of rotatable bonds is 3. The predicted octanol–water partition coefficient (Wildman–Crippen LogP) is 3.27. The normalized spacial score (nSPS) is 10.5. The van der Waals surface area contributed by atoms with Gasteiger partial charge in [0.2, 0.25) is 0 Å². The van der Waals surface area contributed by atoms with Crippen LogP contribution in [0.5, 0.6) is 0 Å². The van der Waals surface area contributed by atoms with Crippen molar-refractivity contribution in [1.82, 2.24) is 4.98 Å². The first-order valence-corrected chi connectivity index (χ1v) is 5.44. The second kappa shape index (κ2) is 4.77. The summed E-state index contributed by atoms with van der Waals surface area (Å²) in [7, 11) is 0. The van der Waals surface area contributed by atoms with Crippen LogP contribution in [-0.2, 0) is 6.42 Å². The monoisotopic (exact) mass is 271 g/mol. The summed E-state index contributed by atoms with van der Waals surface area (Å²) in [5.41, 5.74) is 0.526. The van der Waals surface area contributed by atoms with Gasteiger partial charge in [0.1, 0.15) is 6.26 Å². The third-order valence-electron chi connectivity index (χ3n) is 2.16. The summed E-state index contributed by atoms with van der Waals surface area (Å²) in [4.78, 5) is 14.4. The highest BCUT2D eigenvalue weighted by molar-refractivity contribution is 6.36. The summed E-state index contributed by atoms with van der Waals surface area (Å²) in [5, 5.41) is 9.69. The number of nitrogens with zero attached hydrogens (tertiary/aromatic N) is 1. The molecule has 0 saturated heterocycles. The molecule has 6 heteroatoms. The lowest BCUT2D eigenvalue weighted by atomic mass is 10.1. The van der Waals surface area contributed by atoms with Crippen LogP contribution in [0.15, 0.2) is 28.9 Å². The number of hydrogen-bond donors (Lipinski definition) is 1. The molecule has 0 aliphatic heterocycles. The van der Waals surface area contributed by atoms with Crippen molar-refractivity contribution in [2.24, 2.45) is 0 Å². The predicted molar refractivity (Wildman–Crippen MR) is 62.7 cm³/mol. The number of hydrogen-bond acceptors (Lipinski definition) is 3. The third kappa shape index (κ3) is 2.60. The van der Waals surface area contributed by atoms with Crippen LogP contribution >= 0.6 is 23.2 Å². The van der Waals surface area contributed by atoms with Crippen LogP contribution in [0.2, 0.25) is 10.0 Å². The zero-order chi connectivity index (χ0) is 12.4. The molecule has 1 N–H and O–H groups in total. The van der Waals surface area contributed by atoms with E-state index in [1.807, 2.05) is 0 Å². The van der Waals surface area contributed by atoms with Gasteiger partial charge in [-0.2, -0.15) is 0 Å². The molecule has 4 nitrogen and oxygen atoms in total. The summed E-state index contributed by atoms with van der Waals surface area (Å²) in [6.45, 7) is 0. The molecule has 1 aromatic carbocycles. The molecule has 0 amide bonds. The lowest BCUT2D eigenvalue weighted by Crippen LogP contribution is -1.97. The summed E-state index contributed by atoms with van der Waals surface area (Å²) in [5.74, 6) is -0.873. The Bertz CT molecular complexity index is 545. The van der Waals surface area contributed by atoms with Gasteiger partial charge in [0.15, 0.2) is 11.6 Å². The second-order valence-electron chi connectivity index (χ2n) is 3.31. The first kappa shape index (κ1) is 12.0. The van der Waals surface area contributed by atoms with Gasteiger partial charge < -0.3 is 9.52 Å². The number of carboxylic acid groups (broad SMARTS) is 1. The van der Waals surface area contributed by atoms with Crippen molar-refractivity contribution in [3.05, 3.63) is 51.7 Å². The molecule has 0 aliphatic rings. The lowest BCUT2D eigenvalue weighted by Gasteiger charge is -2.03. The molecule has 0 atom stereocenters. The van der Waals surface area contributed by atoms with E-state index < -0.39 is 5.97 Å². The zero-order valence-corrected chi connectivity index (χ0v) is 10.00. The standard InChI is InChI=1S/C11H7Cl2NO3/c12-7-2-1-3-8(13)6(7)4-10-14-9(5-17-10)11(15)16/h1-3,5H,4H2,(H,15,16). The third-order valence-corrected chi connectivity index (χ3v) is 2.87. The summed E-state index contributed by atoms with van der Waals surface area (Å²) < 4.78 is 5.03. The van der Waals surface area contributed by atoms with E-state index in [0.717, 1.165) is 6.26 Å². The van der Waals surface area contributed by atoms with Crippen LogP contribution in [0, 0.1) is 0 Å². The topological polar surface area (TPSA) is 63.3 Å². The van der Waals surface area contributed by atoms with Crippen LogP contribution in [-0.4, -0.2) is 16.1 Å². The van der Waals surface area contributed by atoms with E-state index in [1.54, 1.807) is 18.2 Å². The Labute approximate surface area is 107 Å². The molecule has 88 valence electrons. The maximum atomic E-state index is 10.6. The fourth-order valence-electron chi connectivity index (χ4n) is 1.34. The number of aromatic nitrogens is 1. The van der Waals surface area contributed by atoms with Gasteiger partial charge in [-0.3, -0.25) is 0 Å². The number of carboxylic acids is 1. The maximum Gasteiger partial charge on any atom is 0.357 e. The Morgan fingerprint density at radius 1 is 1.35 bits per heavy atom. The second-order valence-corrected chi connectivity index (χ2v) is 4.12. The molecule has 17 heavy (non-hydrogen) atoms. The Hall–Kier alpha value is -1.52. The zero-order valence-electron chi connectivity index (χ0n) is 8.48. The molecule has 1 heterocycles. The fraction of sp³-hybridized carbons (Fsp3) is 0.0909. The largest absolute Gasteiger partial charge is 0.476 e. The van der Waals surface area contributed by atoms with E-state index in [0.29, 0.717) is 15.6 Å². The molecule has 1 aromatic heterocycles. The molecule has 2 aromatic rings. The molecule has 2 rings (SSSR count). The van der Waals surface area contributed by atoms with Gasteiger partial charge in [-0.1, -0.05) is 29.3 Å². The van der Waals surface area contributed by atoms with Gasteiger partial charge >= 0.3 is 5.97 Å². The number of oxazole rings is 1. The van der Waals surface area contributed by atoms with Gasteiger partial charge in [-0.15, -0.1) is 0 Å². The highest BCUT2D eigenvalue weighted by Crippen LogP contribution is 2.26. The number of carbonyl (C=O) groups is 1. The van der Waals surface area contributed by atoms with E-state index in [2.05, 4.69) is 4.98 Å². The van der Waals surface area contributed by atoms with E-state index in [9.17, 15) is 4.79 Å². The average molecular weight is 272 g/mol. The molecule has 0 radical (unpaired) electrons.